The van der Waals surface area contributed by atoms with Gasteiger partial charge in [-0.3, -0.25) is 14.3 Å². The maximum absolute atomic E-state index is 12.0. The Morgan fingerprint density at radius 1 is 1.41 bits per heavy atom. The SMILES string of the molecule is COCCOC1[C@@H](O)[C@@H](CO)O[C@H]1n1cc(C)c(=O)[nH]c1=O. The molecule has 0 aliphatic carbocycles. The van der Waals surface area contributed by atoms with Gasteiger partial charge in [-0.15, -0.1) is 0 Å². The molecule has 1 aromatic rings. The first kappa shape index (κ1) is 16.8. The van der Waals surface area contributed by atoms with Crippen molar-refractivity contribution in [3.05, 3.63) is 32.6 Å². The van der Waals surface area contributed by atoms with Gasteiger partial charge in [-0.05, 0) is 6.92 Å². The minimum absolute atomic E-state index is 0.188. The predicted molar refractivity (Wildman–Crippen MR) is 74.7 cm³/mol. The minimum atomic E-state index is -1.11. The first-order valence-electron chi connectivity index (χ1n) is 6.86. The lowest BCUT2D eigenvalue weighted by atomic mass is 10.1. The summed E-state index contributed by atoms with van der Waals surface area (Å²) in [5, 5.41) is 19.4. The van der Waals surface area contributed by atoms with Gasteiger partial charge in [-0.1, -0.05) is 0 Å². The number of aryl methyl sites for hydroxylation is 1. The number of H-pyrrole nitrogens is 1. The van der Waals surface area contributed by atoms with Crippen molar-refractivity contribution in [2.24, 2.45) is 0 Å². The average molecular weight is 316 g/mol. The van der Waals surface area contributed by atoms with Crippen molar-refractivity contribution in [2.75, 3.05) is 26.9 Å². The van der Waals surface area contributed by atoms with Gasteiger partial charge in [0.2, 0.25) is 0 Å². The molecular formula is C13H20N2O7. The highest BCUT2D eigenvalue weighted by molar-refractivity contribution is 5.03. The number of rotatable bonds is 6. The highest BCUT2D eigenvalue weighted by Gasteiger charge is 2.45. The zero-order valence-corrected chi connectivity index (χ0v) is 12.4. The molecule has 0 bridgehead atoms. The van der Waals surface area contributed by atoms with Crippen LogP contribution in [0.2, 0.25) is 0 Å². The van der Waals surface area contributed by atoms with Crippen molar-refractivity contribution in [3.63, 3.8) is 0 Å². The zero-order valence-electron chi connectivity index (χ0n) is 12.4. The summed E-state index contributed by atoms with van der Waals surface area (Å²) in [6, 6.07) is 0. The number of nitrogens with one attached hydrogen (secondary N) is 1. The fourth-order valence-corrected chi connectivity index (χ4v) is 2.32. The van der Waals surface area contributed by atoms with Crippen LogP contribution < -0.4 is 11.2 Å². The number of ether oxygens (including phenoxy) is 3. The molecular weight excluding hydrogens is 296 g/mol. The first-order chi connectivity index (χ1) is 10.5. The highest BCUT2D eigenvalue weighted by Crippen LogP contribution is 2.30. The maximum atomic E-state index is 12.0. The second-order valence-corrected chi connectivity index (χ2v) is 5.05. The van der Waals surface area contributed by atoms with Gasteiger partial charge in [0.25, 0.3) is 5.56 Å². The van der Waals surface area contributed by atoms with Gasteiger partial charge in [0, 0.05) is 18.9 Å². The van der Waals surface area contributed by atoms with E-state index >= 15 is 0 Å². The number of aliphatic hydroxyl groups excluding tert-OH is 2. The van der Waals surface area contributed by atoms with Crippen LogP contribution in [0.3, 0.4) is 0 Å². The summed E-state index contributed by atoms with van der Waals surface area (Å²) >= 11 is 0. The number of aliphatic hydroxyl groups is 2. The van der Waals surface area contributed by atoms with Crippen molar-refractivity contribution >= 4 is 0 Å². The molecule has 2 heterocycles. The quantitative estimate of drug-likeness (QED) is 0.525. The van der Waals surface area contributed by atoms with Gasteiger partial charge in [0.05, 0.1) is 19.8 Å². The molecule has 1 unspecified atom stereocenters. The number of methoxy groups -OCH3 is 1. The van der Waals surface area contributed by atoms with Gasteiger partial charge in [0.15, 0.2) is 6.23 Å². The predicted octanol–water partition coefficient (Wildman–Crippen LogP) is -1.87. The molecule has 0 radical (unpaired) electrons. The molecule has 0 aromatic carbocycles. The van der Waals surface area contributed by atoms with Crippen LogP contribution >= 0.6 is 0 Å². The van der Waals surface area contributed by atoms with Crippen LogP contribution in [0.15, 0.2) is 15.8 Å². The monoisotopic (exact) mass is 316 g/mol. The standard InChI is InChI=1S/C13H20N2O7/c1-7-5-15(13(19)14-11(7)18)12-10(21-4-3-20-2)9(17)8(6-16)22-12/h5,8-10,12,16-17H,3-4,6H2,1-2H3,(H,14,18,19)/t8-,9+,10?,12-/m1/s1. The van der Waals surface area contributed by atoms with E-state index in [-0.39, 0.29) is 6.61 Å². The summed E-state index contributed by atoms with van der Waals surface area (Å²) in [7, 11) is 1.51. The summed E-state index contributed by atoms with van der Waals surface area (Å²) in [5.41, 5.74) is -0.845. The van der Waals surface area contributed by atoms with E-state index in [1.807, 2.05) is 0 Å². The van der Waals surface area contributed by atoms with E-state index in [0.29, 0.717) is 12.2 Å². The van der Waals surface area contributed by atoms with Crippen LogP contribution in [-0.4, -0.2) is 65.0 Å². The zero-order chi connectivity index (χ0) is 16.3. The highest BCUT2D eigenvalue weighted by atomic mass is 16.6. The molecule has 1 aliphatic rings. The van der Waals surface area contributed by atoms with Gasteiger partial charge >= 0.3 is 5.69 Å². The Balaban J connectivity index is 2.31. The summed E-state index contributed by atoms with van der Waals surface area (Å²) in [4.78, 5) is 25.6. The van der Waals surface area contributed by atoms with Gasteiger partial charge in [-0.2, -0.15) is 0 Å². The Morgan fingerprint density at radius 2 is 2.14 bits per heavy atom. The molecule has 1 saturated heterocycles. The molecule has 4 atom stereocenters. The molecule has 0 saturated carbocycles. The lowest BCUT2D eigenvalue weighted by Gasteiger charge is -2.22. The van der Waals surface area contributed by atoms with Gasteiger partial charge < -0.3 is 24.4 Å². The van der Waals surface area contributed by atoms with Crippen LogP contribution in [0.5, 0.6) is 0 Å². The second kappa shape index (κ2) is 7.16. The van der Waals surface area contributed by atoms with Crippen molar-refractivity contribution in [1.29, 1.82) is 0 Å². The molecule has 9 heteroatoms. The fraction of sp³-hybridized carbons (Fsp3) is 0.692. The number of nitrogens with zero attached hydrogens (tertiary/aromatic N) is 1. The lowest BCUT2D eigenvalue weighted by molar-refractivity contribution is -0.0820. The third kappa shape index (κ3) is 3.28. The maximum Gasteiger partial charge on any atom is 0.330 e. The van der Waals surface area contributed by atoms with E-state index in [4.69, 9.17) is 14.2 Å². The molecule has 2 rings (SSSR count). The second-order valence-electron chi connectivity index (χ2n) is 5.05. The van der Waals surface area contributed by atoms with Crippen molar-refractivity contribution in [3.8, 4) is 0 Å². The van der Waals surface area contributed by atoms with Gasteiger partial charge in [0.1, 0.15) is 18.3 Å². The van der Waals surface area contributed by atoms with Crippen molar-refractivity contribution in [2.45, 2.75) is 31.5 Å². The molecule has 124 valence electrons. The Hall–Kier alpha value is -1.52. The summed E-state index contributed by atoms with van der Waals surface area (Å²) in [5.74, 6) is 0. The molecule has 0 spiro atoms. The van der Waals surface area contributed by atoms with E-state index in [0.717, 1.165) is 4.57 Å². The normalized spacial score (nSPS) is 28.2. The molecule has 0 amide bonds. The third-order valence-corrected chi connectivity index (χ3v) is 3.51. The molecule has 1 fully saturated rings. The topological polar surface area (TPSA) is 123 Å². The van der Waals surface area contributed by atoms with Gasteiger partial charge in [-0.25, -0.2) is 4.79 Å². The molecule has 9 nitrogen and oxygen atoms in total. The Kier molecular flexibility index (Phi) is 5.48. The molecule has 1 aromatic heterocycles. The van der Waals surface area contributed by atoms with E-state index in [9.17, 15) is 19.8 Å². The van der Waals surface area contributed by atoms with Crippen LogP contribution in [-0.2, 0) is 14.2 Å². The van der Waals surface area contributed by atoms with E-state index in [1.54, 1.807) is 6.92 Å². The van der Waals surface area contributed by atoms with Crippen molar-refractivity contribution in [1.82, 2.24) is 9.55 Å². The van der Waals surface area contributed by atoms with Crippen LogP contribution in [0.4, 0.5) is 0 Å². The molecule has 22 heavy (non-hydrogen) atoms. The fourth-order valence-electron chi connectivity index (χ4n) is 2.32. The van der Waals surface area contributed by atoms with E-state index < -0.39 is 42.4 Å². The Morgan fingerprint density at radius 3 is 2.77 bits per heavy atom. The first-order valence-corrected chi connectivity index (χ1v) is 6.86. The summed E-state index contributed by atoms with van der Waals surface area (Å²) in [6.45, 7) is 1.62. The number of hydrogen-bond acceptors (Lipinski definition) is 7. The molecule has 3 N–H and O–H groups in total. The van der Waals surface area contributed by atoms with Crippen LogP contribution in [0, 0.1) is 6.92 Å². The summed E-state index contributed by atoms with van der Waals surface area (Å²) in [6.07, 6.45) is -2.46. The summed E-state index contributed by atoms with van der Waals surface area (Å²) < 4.78 is 17.0. The number of hydrogen-bond donors (Lipinski definition) is 3. The Labute approximate surface area is 126 Å². The van der Waals surface area contributed by atoms with E-state index in [1.165, 1.54) is 13.3 Å². The minimum Gasteiger partial charge on any atom is -0.394 e. The lowest BCUT2D eigenvalue weighted by Crippen LogP contribution is -2.40. The third-order valence-electron chi connectivity index (χ3n) is 3.51. The largest absolute Gasteiger partial charge is 0.394 e. The smallest absolute Gasteiger partial charge is 0.330 e. The number of aromatic nitrogens is 2. The Bertz CT molecular complexity index is 611. The van der Waals surface area contributed by atoms with Crippen molar-refractivity contribution < 1.29 is 24.4 Å². The molecule has 1 aliphatic heterocycles. The van der Waals surface area contributed by atoms with Crippen LogP contribution in [0.25, 0.3) is 0 Å². The number of aromatic amines is 1. The van der Waals surface area contributed by atoms with Crippen LogP contribution in [0.1, 0.15) is 11.8 Å². The average Bonchev–Trinajstić information content (AvgIpc) is 2.80. The van der Waals surface area contributed by atoms with E-state index in [2.05, 4.69) is 4.98 Å².